The predicted octanol–water partition coefficient (Wildman–Crippen LogP) is 2.29. The monoisotopic (exact) mass is 333 g/mol. The topological polar surface area (TPSA) is 64.4 Å². The second kappa shape index (κ2) is 5.32. The van der Waals surface area contributed by atoms with Crippen LogP contribution < -0.4 is 11.5 Å². The van der Waals surface area contributed by atoms with Crippen molar-refractivity contribution in [2.24, 2.45) is 16.5 Å². The maximum absolute atomic E-state index is 5.28. The molecule has 0 saturated heterocycles. The summed E-state index contributed by atoms with van der Waals surface area (Å²) >= 11 is 1.71. The molecule has 4 N–H and O–H groups in total. The smallest absolute Gasteiger partial charge is 0.186 e. The molecule has 0 spiro atoms. The SMILES string of the molecule is I.NC(N)=NCc1csc2ccccc12. The molecular weight excluding hydrogens is 321 g/mol. The van der Waals surface area contributed by atoms with Gasteiger partial charge in [-0.2, -0.15) is 0 Å². The van der Waals surface area contributed by atoms with Crippen molar-refractivity contribution in [1.29, 1.82) is 0 Å². The van der Waals surface area contributed by atoms with Crippen LogP contribution in [0.25, 0.3) is 10.1 Å². The Morgan fingerprint density at radius 3 is 2.73 bits per heavy atom. The first-order valence-electron chi connectivity index (χ1n) is 4.28. The number of hydrogen-bond acceptors (Lipinski definition) is 2. The molecular formula is C10H12IN3S. The van der Waals surface area contributed by atoms with E-state index in [1.165, 1.54) is 15.6 Å². The maximum atomic E-state index is 5.28. The van der Waals surface area contributed by atoms with Gasteiger partial charge in [0, 0.05) is 4.70 Å². The highest BCUT2D eigenvalue weighted by Gasteiger charge is 2.01. The minimum Gasteiger partial charge on any atom is -0.370 e. The van der Waals surface area contributed by atoms with Gasteiger partial charge >= 0.3 is 0 Å². The van der Waals surface area contributed by atoms with E-state index in [4.69, 9.17) is 11.5 Å². The molecule has 0 atom stereocenters. The van der Waals surface area contributed by atoms with E-state index in [9.17, 15) is 0 Å². The van der Waals surface area contributed by atoms with Crippen LogP contribution in [0.2, 0.25) is 0 Å². The van der Waals surface area contributed by atoms with Gasteiger partial charge in [-0.15, -0.1) is 35.3 Å². The molecule has 0 aliphatic heterocycles. The van der Waals surface area contributed by atoms with Gasteiger partial charge in [-0.1, -0.05) is 18.2 Å². The Kier molecular flexibility index (Phi) is 4.34. The summed E-state index contributed by atoms with van der Waals surface area (Å²) in [4.78, 5) is 4.00. The molecule has 0 radical (unpaired) electrons. The number of fused-ring (bicyclic) bond motifs is 1. The van der Waals surface area contributed by atoms with Gasteiger partial charge in [0.2, 0.25) is 0 Å². The lowest BCUT2D eigenvalue weighted by Gasteiger charge is -1.94. The van der Waals surface area contributed by atoms with E-state index in [0.717, 1.165) is 0 Å². The van der Waals surface area contributed by atoms with Crippen LogP contribution in [0.4, 0.5) is 0 Å². The van der Waals surface area contributed by atoms with Crippen LogP contribution in [0.15, 0.2) is 34.6 Å². The minimum absolute atomic E-state index is 0. The summed E-state index contributed by atoms with van der Waals surface area (Å²) in [5.74, 6) is 0.139. The van der Waals surface area contributed by atoms with Gasteiger partial charge < -0.3 is 11.5 Å². The molecule has 1 heterocycles. The number of thiophene rings is 1. The number of rotatable bonds is 2. The highest BCUT2D eigenvalue weighted by Crippen LogP contribution is 2.25. The first-order valence-corrected chi connectivity index (χ1v) is 5.16. The van der Waals surface area contributed by atoms with Gasteiger partial charge in [0.25, 0.3) is 0 Å². The zero-order valence-electron chi connectivity index (χ0n) is 8.01. The average molecular weight is 333 g/mol. The van der Waals surface area contributed by atoms with Crippen LogP contribution in [0.5, 0.6) is 0 Å². The predicted molar refractivity (Wildman–Crippen MR) is 76.8 cm³/mol. The summed E-state index contributed by atoms with van der Waals surface area (Å²) in [6, 6.07) is 8.24. The Morgan fingerprint density at radius 1 is 1.27 bits per heavy atom. The van der Waals surface area contributed by atoms with E-state index in [1.807, 2.05) is 12.1 Å². The fourth-order valence-electron chi connectivity index (χ4n) is 1.33. The number of benzene rings is 1. The van der Waals surface area contributed by atoms with Gasteiger partial charge in [0.1, 0.15) is 0 Å². The second-order valence-electron chi connectivity index (χ2n) is 3.00. The van der Waals surface area contributed by atoms with Crippen molar-refractivity contribution in [3.8, 4) is 0 Å². The van der Waals surface area contributed by atoms with Crippen LogP contribution in [0.1, 0.15) is 5.56 Å². The van der Waals surface area contributed by atoms with E-state index in [1.54, 1.807) is 11.3 Å². The molecule has 0 unspecified atom stereocenters. The number of guanidine groups is 1. The van der Waals surface area contributed by atoms with Crippen molar-refractivity contribution >= 4 is 51.4 Å². The lowest BCUT2D eigenvalue weighted by molar-refractivity contribution is 1.07. The molecule has 80 valence electrons. The zero-order chi connectivity index (χ0) is 9.97. The fourth-order valence-corrected chi connectivity index (χ4v) is 2.29. The Morgan fingerprint density at radius 2 is 2.00 bits per heavy atom. The molecule has 0 bridgehead atoms. The third-order valence-corrected chi connectivity index (χ3v) is 3.01. The Hall–Kier alpha value is -0.820. The van der Waals surface area contributed by atoms with Gasteiger partial charge in [-0.05, 0) is 22.4 Å². The van der Waals surface area contributed by atoms with Gasteiger partial charge in [0.15, 0.2) is 5.96 Å². The Bertz CT molecular complexity index is 474. The lowest BCUT2D eigenvalue weighted by Crippen LogP contribution is -2.22. The van der Waals surface area contributed by atoms with Gasteiger partial charge in [-0.3, -0.25) is 0 Å². The summed E-state index contributed by atoms with van der Waals surface area (Å²) in [7, 11) is 0. The van der Waals surface area contributed by atoms with Gasteiger partial charge in [0.05, 0.1) is 6.54 Å². The van der Waals surface area contributed by atoms with Crippen molar-refractivity contribution in [2.75, 3.05) is 0 Å². The summed E-state index contributed by atoms with van der Waals surface area (Å²) < 4.78 is 1.27. The zero-order valence-corrected chi connectivity index (χ0v) is 11.2. The first kappa shape index (κ1) is 12.3. The number of nitrogens with two attached hydrogens (primary N) is 2. The molecule has 15 heavy (non-hydrogen) atoms. The molecule has 3 nitrogen and oxygen atoms in total. The summed E-state index contributed by atoms with van der Waals surface area (Å²) in [6.07, 6.45) is 0. The molecule has 2 rings (SSSR count). The standard InChI is InChI=1S/C10H11N3S.HI/c11-10(12)13-5-7-6-14-9-4-2-1-3-8(7)9;/h1-4,6H,5H2,(H4,11,12,13);1H. The molecule has 0 saturated carbocycles. The third kappa shape index (κ3) is 2.82. The van der Waals surface area contributed by atoms with Gasteiger partial charge in [-0.25, -0.2) is 4.99 Å². The van der Waals surface area contributed by atoms with Crippen LogP contribution in [-0.4, -0.2) is 5.96 Å². The summed E-state index contributed by atoms with van der Waals surface area (Å²) in [5.41, 5.74) is 11.7. The van der Waals surface area contributed by atoms with E-state index in [-0.39, 0.29) is 29.9 Å². The van der Waals surface area contributed by atoms with Crippen molar-refractivity contribution in [3.63, 3.8) is 0 Å². The van der Waals surface area contributed by atoms with Crippen molar-refractivity contribution in [2.45, 2.75) is 6.54 Å². The van der Waals surface area contributed by atoms with Crippen LogP contribution in [-0.2, 0) is 6.54 Å². The maximum Gasteiger partial charge on any atom is 0.186 e. The summed E-state index contributed by atoms with van der Waals surface area (Å²) in [6.45, 7) is 0.562. The largest absolute Gasteiger partial charge is 0.370 e. The average Bonchev–Trinajstić information content (AvgIpc) is 2.58. The number of nitrogens with zero attached hydrogens (tertiary/aromatic N) is 1. The second-order valence-corrected chi connectivity index (χ2v) is 3.91. The van der Waals surface area contributed by atoms with E-state index in [2.05, 4.69) is 22.5 Å². The highest BCUT2D eigenvalue weighted by atomic mass is 127. The quantitative estimate of drug-likeness (QED) is 0.503. The minimum atomic E-state index is 0. The van der Waals surface area contributed by atoms with E-state index < -0.39 is 0 Å². The number of hydrogen-bond donors (Lipinski definition) is 2. The molecule has 0 amide bonds. The molecule has 2 aromatic rings. The van der Waals surface area contributed by atoms with Crippen LogP contribution in [0.3, 0.4) is 0 Å². The number of aliphatic imine (C=N–C) groups is 1. The molecule has 1 aromatic carbocycles. The molecule has 1 aromatic heterocycles. The molecule has 0 aliphatic carbocycles. The Labute approximate surface area is 109 Å². The fraction of sp³-hybridized carbons (Fsp3) is 0.100. The highest BCUT2D eigenvalue weighted by molar-refractivity contribution is 14.0. The van der Waals surface area contributed by atoms with E-state index >= 15 is 0 Å². The lowest BCUT2D eigenvalue weighted by atomic mass is 10.2. The molecule has 0 aliphatic rings. The first-order chi connectivity index (χ1) is 6.77. The van der Waals surface area contributed by atoms with Crippen molar-refractivity contribution in [3.05, 3.63) is 35.2 Å². The van der Waals surface area contributed by atoms with Crippen LogP contribution >= 0.6 is 35.3 Å². The normalized spacial score (nSPS) is 9.60. The van der Waals surface area contributed by atoms with Crippen LogP contribution in [0, 0.1) is 0 Å². The molecule has 0 fully saturated rings. The Balaban J connectivity index is 0.00000112. The van der Waals surface area contributed by atoms with Crippen molar-refractivity contribution in [1.82, 2.24) is 0 Å². The third-order valence-electron chi connectivity index (χ3n) is 1.99. The molecule has 5 heteroatoms. The number of halogens is 1. The summed E-state index contributed by atoms with van der Waals surface area (Å²) in [5, 5.41) is 3.33. The van der Waals surface area contributed by atoms with Crippen molar-refractivity contribution < 1.29 is 0 Å². The van der Waals surface area contributed by atoms with E-state index in [0.29, 0.717) is 6.54 Å².